The van der Waals surface area contributed by atoms with Gasteiger partial charge in [0, 0.05) is 23.6 Å². The van der Waals surface area contributed by atoms with E-state index in [0.717, 1.165) is 16.8 Å². The first kappa shape index (κ1) is 12.9. The van der Waals surface area contributed by atoms with Crippen LogP contribution < -0.4 is 5.32 Å². The van der Waals surface area contributed by atoms with E-state index in [1.54, 1.807) is 0 Å². The van der Waals surface area contributed by atoms with E-state index in [9.17, 15) is 4.79 Å². The molecule has 0 fully saturated rings. The maximum absolute atomic E-state index is 11.8. The normalized spacial score (nSPS) is 10.8. The fourth-order valence-electron chi connectivity index (χ4n) is 2.30. The zero-order chi connectivity index (χ0) is 13.9. The Bertz CT molecular complexity index is 728. The van der Waals surface area contributed by atoms with Crippen molar-refractivity contribution in [1.82, 2.24) is 10.3 Å². The number of aryl methyl sites for hydroxylation is 1. The third kappa shape index (κ3) is 2.60. The molecule has 0 spiro atoms. The zero-order valence-electron chi connectivity index (χ0n) is 11.3. The van der Waals surface area contributed by atoms with Crippen molar-refractivity contribution in [2.24, 2.45) is 0 Å². The molecular formula is C16H16N2OS. The van der Waals surface area contributed by atoms with Crippen LogP contribution in [0.5, 0.6) is 0 Å². The van der Waals surface area contributed by atoms with Crippen LogP contribution in [0, 0.1) is 6.92 Å². The number of hydrogen-bond donors (Lipinski definition) is 2. The highest BCUT2D eigenvalue weighted by Gasteiger charge is 2.07. The second-order valence-electron chi connectivity index (χ2n) is 4.85. The van der Waals surface area contributed by atoms with Crippen LogP contribution in [0.25, 0.3) is 10.9 Å². The number of H-pyrrole nitrogens is 1. The number of carbonyl (C=O) groups is 1. The van der Waals surface area contributed by atoms with Crippen molar-refractivity contribution in [1.29, 1.82) is 0 Å². The molecule has 2 aromatic heterocycles. The Morgan fingerprint density at radius 2 is 2.25 bits per heavy atom. The van der Waals surface area contributed by atoms with Crippen LogP contribution >= 0.6 is 11.3 Å². The molecule has 1 amide bonds. The summed E-state index contributed by atoms with van der Waals surface area (Å²) in [7, 11) is 0. The van der Waals surface area contributed by atoms with Crippen LogP contribution in [0.15, 0.2) is 41.9 Å². The van der Waals surface area contributed by atoms with Crippen molar-refractivity contribution in [3.05, 3.63) is 57.9 Å². The minimum Gasteiger partial charge on any atom is -0.361 e. The summed E-state index contributed by atoms with van der Waals surface area (Å²) in [4.78, 5) is 15.9. The Hall–Kier alpha value is -2.07. The SMILES string of the molecule is Cc1ccc2[nH]cc(CCNC(=O)c3cccs3)c2c1. The van der Waals surface area contributed by atoms with Gasteiger partial charge in [0.2, 0.25) is 0 Å². The molecule has 0 aliphatic rings. The predicted octanol–water partition coefficient (Wildman–Crippen LogP) is 3.51. The molecule has 4 heteroatoms. The van der Waals surface area contributed by atoms with Gasteiger partial charge in [0.15, 0.2) is 0 Å². The molecule has 3 nitrogen and oxygen atoms in total. The smallest absolute Gasteiger partial charge is 0.261 e. The molecule has 102 valence electrons. The molecule has 0 bridgehead atoms. The molecule has 0 radical (unpaired) electrons. The van der Waals surface area contributed by atoms with E-state index >= 15 is 0 Å². The summed E-state index contributed by atoms with van der Waals surface area (Å²) in [6.45, 7) is 2.74. The van der Waals surface area contributed by atoms with Gasteiger partial charge in [-0.3, -0.25) is 4.79 Å². The van der Waals surface area contributed by atoms with Gasteiger partial charge in [-0.05, 0) is 42.5 Å². The number of fused-ring (bicyclic) bond motifs is 1. The van der Waals surface area contributed by atoms with E-state index in [1.807, 2.05) is 23.7 Å². The summed E-state index contributed by atoms with van der Waals surface area (Å²) in [6.07, 6.45) is 2.86. The van der Waals surface area contributed by atoms with E-state index in [2.05, 4.69) is 35.4 Å². The van der Waals surface area contributed by atoms with Gasteiger partial charge in [0.25, 0.3) is 5.91 Å². The van der Waals surface area contributed by atoms with Gasteiger partial charge in [0.1, 0.15) is 0 Å². The summed E-state index contributed by atoms with van der Waals surface area (Å²) >= 11 is 1.47. The van der Waals surface area contributed by atoms with Crippen LogP contribution in [-0.2, 0) is 6.42 Å². The van der Waals surface area contributed by atoms with Crippen molar-refractivity contribution in [3.8, 4) is 0 Å². The van der Waals surface area contributed by atoms with Crippen LogP contribution in [0.2, 0.25) is 0 Å². The van der Waals surface area contributed by atoms with Gasteiger partial charge >= 0.3 is 0 Å². The molecule has 0 saturated heterocycles. The Morgan fingerprint density at radius 1 is 1.35 bits per heavy atom. The summed E-state index contributed by atoms with van der Waals surface area (Å²) < 4.78 is 0. The molecule has 0 saturated carbocycles. The largest absolute Gasteiger partial charge is 0.361 e. The molecule has 2 N–H and O–H groups in total. The number of rotatable bonds is 4. The number of nitrogens with one attached hydrogen (secondary N) is 2. The van der Waals surface area contributed by atoms with Crippen molar-refractivity contribution in [2.45, 2.75) is 13.3 Å². The van der Waals surface area contributed by atoms with E-state index in [-0.39, 0.29) is 5.91 Å². The number of aromatic amines is 1. The summed E-state index contributed by atoms with van der Waals surface area (Å²) in [5, 5.41) is 6.12. The van der Waals surface area contributed by atoms with E-state index in [4.69, 9.17) is 0 Å². The molecule has 20 heavy (non-hydrogen) atoms. The Morgan fingerprint density at radius 3 is 3.05 bits per heavy atom. The maximum atomic E-state index is 11.8. The zero-order valence-corrected chi connectivity index (χ0v) is 12.1. The number of thiophene rings is 1. The second kappa shape index (κ2) is 5.51. The Kier molecular flexibility index (Phi) is 3.56. The number of benzene rings is 1. The van der Waals surface area contributed by atoms with Crippen LogP contribution in [0.3, 0.4) is 0 Å². The van der Waals surface area contributed by atoms with Crippen LogP contribution in [0.1, 0.15) is 20.8 Å². The highest BCUT2D eigenvalue weighted by molar-refractivity contribution is 7.12. The number of carbonyl (C=O) groups excluding carboxylic acids is 1. The molecular weight excluding hydrogens is 268 g/mol. The quantitative estimate of drug-likeness (QED) is 0.756. The summed E-state index contributed by atoms with van der Waals surface area (Å²) in [6, 6.07) is 10.1. The van der Waals surface area contributed by atoms with Gasteiger partial charge in [-0.25, -0.2) is 0 Å². The van der Waals surface area contributed by atoms with Crippen LogP contribution in [0.4, 0.5) is 0 Å². The minimum absolute atomic E-state index is 0.0102. The third-order valence-corrected chi connectivity index (χ3v) is 4.22. The predicted molar refractivity (Wildman–Crippen MR) is 83.4 cm³/mol. The molecule has 3 rings (SSSR count). The van der Waals surface area contributed by atoms with Gasteiger partial charge < -0.3 is 10.3 Å². The summed E-state index contributed by atoms with van der Waals surface area (Å²) in [5.41, 5.74) is 3.64. The average molecular weight is 284 g/mol. The monoisotopic (exact) mass is 284 g/mol. The fraction of sp³-hybridized carbons (Fsp3) is 0.188. The third-order valence-electron chi connectivity index (χ3n) is 3.35. The topological polar surface area (TPSA) is 44.9 Å². The Balaban J connectivity index is 1.65. The Labute approximate surface area is 121 Å². The first-order chi connectivity index (χ1) is 9.74. The second-order valence-corrected chi connectivity index (χ2v) is 5.79. The highest BCUT2D eigenvalue weighted by Crippen LogP contribution is 2.19. The average Bonchev–Trinajstić information content (AvgIpc) is 3.08. The lowest BCUT2D eigenvalue weighted by Gasteiger charge is -2.03. The van der Waals surface area contributed by atoms with Crippen LogP contribution in [-0.4, -0.2) is 17.4 Å². The highest BCUT2D eigenvalue weighted by atomic mass is 32.1. The first-order valence-electron chi connectivity index (χ1n) is 6.62. The molecule has 0 aliphatic carbocycles. The van der Waals surface area contributed by atoms with E-state index < -0.39 is 0 Å². The molecule has 3 aromatic rings. The van der Waals surface area contributed by atoms with Crippen molar-refractivity contribution in [3.63, 3.8) is 0 Å². The van der Waals surface area contributed by atoms with Gasteiger partial charge in [-0.2, -0.15) is 0 Å². The van der Waals surface area contributed by atoms with Gasteiger partial charge in [0.05, 0.1) is 4.88 Å². The van der Waals surface area contributed by atoms with E-state index in [1.165, 1.54) is 27.8 Å². The minimum atomic E-state index is 0.0102. The number of hydrogen-bond acceptors (Lipinski definition) is 2. The number of amides is 1. The maximum Gasteiger partial charge on any atom is 0.261 e. The summed E-state index contributed by atoms with van der Waals surface area (Å²) in [5.74, 6) is 0.0102. The van der Waals surface area contributed by atoms with Gasteiger partial charge in [-0.1, -0.05) is 17.7 Å². The fourth-order valence-corrected chi connectivity index (χ4v) is 2.94. The standard InChI is InChI=1S/C16H16N2OS/c1-11-4-5-14-13(9-11)12(10-18-14)6-7-17-16(19)15-3-2-8-20-15/h2-5,8-10,18H,6-7H2,1H3,(H,17,19). The lowest BCUT2D eigenvalue weighted by Crippen LogP contribution is -2.24. The number of aromatic nitrogens is 1. The van der Waals surface area contributed by atoms with Crippen molar-refractivity contribution >= 4 is 28.1 Å². The van der Waals surface area contributed by atoms with Crippen molar-refractivity contribution in [2.75, 3.05) is 6.54 Å². The van der Waals surface area contributed by atoms with Crippen molar-refractivity contribution < 1.29 is 4.79 Å². The molecule has 2 heterocycles. The molecule has 1 aromatic carbocycles. The van der Waals surface area contributed by atoms with E-state index in [0.29, 0.717) is 6.54 Å². The lowest BCUT2D eigenvalue weighted by molar-refractivity contribution is 0.0958. The molecule has 0 unspecified atom stereocenters. The first-order valence-corrected chi connectivity index (χ1v) is 7.50. The molecule has 0 aliphatic heterocycles. The lowest BCUT2D eigenvalue weighted by atomic mass is 10.1. The molecule has 0 atom stereocenters. The van der Waals surface area contributed by atoms with Gasteiger partial charge in [-0.15, -0.1) is 11.3 Å².